The van der Waals surface area contributed by atoms with Gasteiger partial charge < -0.3 is 14.7 Å². The molecular formula is C62H78BN3. The summed E-state index contributed by atoms with van der Waals surface area (Å²) in [7, 11) is 0. The lowest BCUT2D eigenvalue weighted by molar-refractivity contribution is 0.194. The van der Waals surface area contributed by atoms with Crippen LogP contribution in [0.4, 0.5) is 39.8 Å². The van der Waals surface area contributed by atoms with Crippen LogP contribution in [0, 0.1) is 0 Å². The number of nitrogens with zero attached hydrogens (tertiary/aromatic N) is 3. The summed E-state index contributed by atoms with van der Waals surface area (Å²) >= 11 is 0. The molecule has 11 rings (SSSR count). The number of fused-ring (bicyclic) bond motifs is 10. The van der Waals surface area contributed by atoms with Gasteiger partial charge in [0.2, 0.25) is 0 Å². The fraction of sp³-hybridized carbons (Fsp3) is 0.516. The number of hydrogen-bond donors (Lipinski definition) is 0. The maximum absolute atomic E-state index is 2.96. The van der Waals surface area contributed by atoms with Gasteiger partial charge in [0.25, 0.3) is 6.71 Å². The molecule has 66 heavy (non-hydrogen) atoms. The highest BCUT2D eigenvalue weighted by Crippen LogP contribution is 2.65. The summed E-state index contributed by atoms with van der Waals surface area (Å²) in [6.45, 7) is 39.3. The third-order valence-electron chi connectivity index (χ3n) is 18.9. The second-order valence-corrected chi connectivity index (χ2v) is 27.0. The van der Waals surface area contributed by atoms with Crippen LogP contribution < -0.4 is 31.1 Å². The molecule has 4 aliphatic heterocycles. The van der Waals surface area contributed by atoms with Crippen LogP contribution in [-0.2, 0) is 32.5 Å². The first-order valence-corrected chi connectivity index (χ1v) is 25.9. The van der Waals surface area contributed by atoms with Crippen molar-refractivity contribution in [2.45, 2.75) is 206 Å². The first-order valence-electron chi connectivity index (χ1n) is 25.9. The maximum Gasteiger partial charge on any atom is 0.252 e. The minimum atomic E-state index is -0.0823. The van der Waals surface area contributed by atoms with Crippen LogP contribution in [0.5, 0.6) is 0 Å². The molecule has 6 aliphatic rings. The number of benzene rings is 5. The van der Waals surface area contributed by atoms with Gasteiger partial charge in [-0.15, -0.1) is 0 Å². The summed E-state index contributed by atoms with van der Waals surface area (Å²) in [6.07, 6.45) is 9.88. The lowest BCUT2D eigenvalue weighted by atomic mass is 9.33. The molecule has 0 amide bonds. The molecule has 4 atom stereocenters. The first-order chi connectivity index (χ1) is 30.7. The van der Waals surface area contributed by atoms with Gasteiger partial charge in [0, 0.05) is 50.6 Å². The van der Waals surface area contributed by atoms with Crippen molar-refractivity contribution in [2.75, 3.05) is 14.7 Å². The van der Waals surface area contributed by atoms with Gasteiger partial charge in [-0.2, -0.15) is 0 Å². The van der Waals surface area contributed by atoms with Gasteiger partial charge in [-0.25, -0.2) is 0 Å². The molecule has 4 heterocycles. The van der Waals surface area contributed by atoms with Crippen molar-refractivity contribution in [1.29, 1.82) is 0 Å². The van der Waals surface area contributed by atoms with Crippen LogP contribution >= 0.6 is 0 Å². The van der Waals surface area contributed by atoms with Gasteiger partial charge in [0.05, 0.1) is 11.1 Å². The molecule has 344 valence electrons. The van der Waals surface area contributed by atoms with Gasteiger partial charge in [-0.1, -0.05) is 171 Å². The molecule has 0 bridgehead atoms. The fourth-order valence-electron chi connectivity index (χ4n) is 14.3. The minimum Gasteiger partial charge on any atom is -0.335 e. The third kappa shape index (κ3) is 5.81. The normalized spacial score (nSPS) is 26.4. The average molecular weight is 876 g/mol. The van der Waals surface area contributed by atoms with E-state index < -0.39 is 0 Å². The van der Waals surface area contributed by atoms with E-state index in [1.807, 2.05) is 0 Å². The van der Waals surface area contributed by atoms with Crippen LogP contribution in [0.25, 0.3) is 0 Å². The summed E-state index contributed by atoms with van der Waals surface area (Å²) in [4.78, 5) is 8.56. The summed E-state index contributed by atoms with van der Waals surface area (Å²) in [5.74, 6) is 0. The zero-order valence-corrected chi connectivity index (χ0v) is 43.7. The first kappa shape index (κ1) is 44.1. The van der Waals surface area contributed by atoms with E-state index in [-0.39, 0.29) is 50.3 Å². The van der Waals surface area contributed by atoms with Crippen LogP contribution in [0.1, 0.15) is 196 Å². The molecule has 0 N–H and O–H groups in total. The van der Waals surface area contributed by atoms with E-state index in [4.69, 9.17) is 0 Å². The topological polar surface area (TPSA) is 9.72 Å². The summed E-state index contributed by atoms with van der Waals surface area (Å²) in [5, 5.41) is 0. The molecule has 0 saturated heterocycles. The molecule has 0 aromatic heterocycles. The molecule has 2 fully saturated rings. The molecule has 4 heteroatoms. The molecule has 4 unspecified atom stereocenters. The lowest BCUT2D eigenvalue weighted by Crippen LogP contribution is -2.64. The zero-order chi connectivity index (χ0) is 47.1. The Labute approximate surface area is 399 Å². The van der Waals surface area contributed by atoms with E-state index in [1.165, 1.54) is 130 Å². The highest BCUT2D eigenvalue weighted by atomic mass is 15.3. The zero-order valence-electron chi connectivity index (χ0n) is 43.7. The quantitative estimate of drug-likeness (QED) is 0.161. The molecule has 5 aromatic rings. The van der Waals surface area contributed by atoms with Crippen LogP contribution in [-0.4, -0.2) is 17.8 Å². The number of rotatable bonds is 2. The van der Waals surface area contributed by atoms with E-state index in [1.54, 1.807) is 11.1 Å². The van der Waals surface area contributed by atoms with E-state index in [9.17, 15) is 0 Å². The Kier molecular flexibility index (Phi) is 9.11. The highest BCUT2D eigenvalue weighted by molar-refractivity contribution is 7.00. The highest BCUT2D eigenvalue weighted by Gasteiger charge is 2.63. The predicted molar refractivity (Wildman–Crippen MR) is 286 cm³/mol. The van der Waals surface area contributed by atoms with Crippen molar-refractivity contribution in [3.8, 4) is 0 Å². The molecule has 3 nitrogen and oxygen atoms in total. The van der Waals surface area contributed by atoms with Crippen molar-refractivity contribution in [3.05, 3.63) is 118 Å². The fourth-order valence-corrected chi connectivity index (χ4v) is 14.3. The van der Waals surface area contributed by atoms with E-state index in [2.05, 4.69) is 210 Å². The summed E-state index contributed by atoms with van der Waals surface area (Å²) in [6, 6.07) is 35.5. The Bertz CT molecular complexity index is 2860. The number of anilines is 7. The summed E-state index contributed by atoms with van der Waals surface area (Å²) in [5.41, 5.74) is 22.8. The van der Waals surface area contributed by atoms with Gasteiger partial charge in [-0.05, 0) is 147 Å². The maximum atomic E-state index is 2.96. The molecule has 2 saturated carbocycles. The molecular weight excluding hydrogens is 798 g/mol. The summed E-state index contributed by atoms with van der Waals surface area (Å²) < 4.78 is 0. The van der Waals surface area contributed by atoms with Gasteiger partial charge in [-0.3, -0.25) is 0 Å². The van der Waals surface area contributed by atoms with Crippen molar-refractivity contribution in [3.63, 3.8) is 0 Å². The molecule has 2 aliphatic carbocycles. The minimum absolute atomic E-state index is 0.00513. The monoisotopic (exact) mass is 876 g/mol. The Balaban J connectivity index is 1.29. The van der Waals surface area contributed by atoms with Crippen molar-refractivity contribution < 1.29 is 0 Å². The van der Waals surface area contributed by atoms with Crippen molar-refractivity contribution >= 4 is 62.9 Å². The standard InChI is InChI=1S/C62H78BN3/c1-55(2,3)39-22-21-23-43(32-39)64-50-36-41(57(7,8)9)24-26-47(50)63-48-35-42(58(10,11)12)34-46-54(48)66(62(16)31-20-18-29-60(46,62)14)52-38-44(37-51(64)53(52)63)65-49-27-25-40(56(4,5)6)33-45(49)59(13)28-17-19-30-61(59,65)15/h21-27,32-38H,17-20,28-31H2,1-16H3. The molecule has 0 radical (unpaired) electrons. The van der Waals surface area contributed by atoms with E-state index in [0.717, 1.165) is 0 Å². The van der Waals surface area contributed by atoms with Crippen molar-refractivity contribution in [1.82, 2.24) is 0 Å². The third-order valence-corrected chi connectivity index (χ3v) is 18.9. The Morgan fingerprint density at radius 2 is 0.955 bits per heavy atom. The van der Waals surface area contributed by atoms with Gasteiger partial charge in [0.1, 0.15) is 0 Å². The van der Waals surface area contributed by atoms with Crippen LogP contribution in [0.3, 0.4) is 0 Å². The smallest absolute Gasteiger partial charge is 0.252 e. The van der Waals surface area contributed by atoms with Gasteiger partial charge >= 0.3 is 0 Å². The van der Waals surface area contributed by atoms with Gasteiger partial charge in [0.15, 0.2) is 0 Å². The SMILES string of the molecule is CC(C)(C)c1cccc(N2c3cc(C(C)(C)C)ccc3B3c4cc(C(C)(C)C)cc5c4N(c4cc(N6c7ccc(C(C)(C)C)cc7C7(C)CCCCC67C)cc2c43)C2(C)CCCCC52C)c1. The largest absolute Gasteiger partial charge is 0.335 e. The molecule has 0 spiro atoms. The average Bonchev–Trinajstić information content (AvgIpc) is 3.58. The lowest BCUT2D eigenvalue weighted by Gasteiger charge is -2.54. The second kappa shape index (κ2) is 13.6. The van der Waals surface area contributed by atoms with Crippen LogP contribution in [0.2, 0.25) is 0 Å². The predicted octanol–water partition coefficient (Wildman–Crippen LogP) is 15.0. The van der Waals surface area contributed by atoms with E-state index in [0.29, 0.717) is 0 Å². The number of hydrogen-bond acceptors (Lipinski definition) is 3. The van der Waals surface area contributed by atoms with Crippen molar-refractivity contribution in [2.24, 2.45) is 0 Å². The Morgan fingerprint density at radius 3 is 1.59 bits per heavy atom. The Morgan fingerprint density at radius 1 is 0.424 bits per heavy atom. The second-order valence-electron chi connectivity index (χ2n) is 27.0. The van der Waals surface area contributed by atoms with E-state index >= 15 is 0 Å². The molecule has 5 aromatic carbocycles. The van der Waals surface area contributed by atoms with Crippen LogP contribution in [0.15, 0.2) is 84.9 Å². The Hall–Kier alpha value is -4.44.